The van der Waals surface area contributed by atoms with Crippen LogP contribution in [0.1, 0.15) is 232 Å². The molecule has 0 radical (unpaired) electrons. The molecular weight excluding hydrogens is 959 g/mol. The SMILES string of the molecule is CC/C=C\C/C=C\C/C=C\C/C=C\C/C=C\C/C=C\C/C=C\CCCCCCCC(=O)OC(COC(=O)CCCCCCCCCCCC/C=C\C/C=C\C/C=C\CCCCCCC)COC(OCC[N+](C)(C)C)C(=O)[O-]. The molecule has 438 valence electrons. The molecule has 0 heterocycles. The van der Waals surface area contributed by atoms with Gasteiger partial charge in [0.25, 0.3) is 0 Å². The first kappa shape index (κ1) is 72.7. The Morgan fingerprint density at radius 3 is 1.10 bits per heavy atom. The van der Waals surface area contributed by atoms with Crippen LogP contribution in [0.25, 0.3) is 0 Å². The van der Waals surface area contributed by atoms with E-state index in [-0.39, 0.29) is 38.6 Å². The first-order valence-corrected chi connectivity index (χ1v) is 30.7. The molecule has 77 heavy (non-hydrogen) atoms. The molecule has 0 aromatic rings. The van der Waals surface area contributed by atoms with Gasteiger partial charge in [0.15, 0.2) is 12.4 Å². The van der Waals surface area contributed by atoms with Crippen molar-refractivity contribution in [2.45, 2.75) is 245 Å². The summed E-state index contributed by atoms with van der Waals surface area (Å²) in [6, 6.07) is 0. The molecule has 2 unspecified atom stereocenters. The number of likely N-dealkylation sites (N-methyl/N-ethyl adjacent to an activating group) is 1. The maximum Gasteiger partial charge on any atom is 0.306 e. The van der Waals surface area contributed by atoms with Crippen LogP contribution in [0, 0.1) is 0 Å². The van der Waals surface area contributed by atoms with Crippen molar-refractivity contribution in [1.29, 1.82) is 0 Å². The fourth-order valence-electron chi connectivity index (χ4n) is 7.99. The maximum absolute atomic E-state index is 12.9. The fraction of sp³-hybridized carbons (Fsp3) is 0.662. The largest absolute Gasteiger partial charge is 0.545 e. The smallest absolute Gasteiger partial charge is 0.306 e. The number of rotatable bonds is 55. The van der Waals surface area contributed by atoms with Crippen LogP contribution in [0.3, 0.4) is 0 Å². The second-order valence-electron chi connectivity index (χ2n) is 21.3. The molecule has 0 amide bonds. The third kappa shape index (κ3) is 59.2. The molecule has 0 aliphatic carbocycles. The first-order valence-electron chi connectivity index (χ1n) is 30.7. The zero-order chi connectivity index (χ0) is 56.2. The van der Waals surface area contributed by atoms with Crippen LogP contribution in [0.15, 0.2) is 122 Å². The molecule has 2 atom stereocenters. The minimum absolute atomic E-state index is 0.136. The highest BCUT2D eigenvalue weighted by Gasteiger charge is 2.22. The number of ether oxygens (including phenoxy) is 4. The normalized spacial score (nSPS) is 13.6. The molecule has 0 rings (SSSR count). The highest BCUT2D eigenvalue weighted by atomic mass is 16.7. The van der Waals surface area contributed by atoms with Crippen LogP contribution in [-0.4, -0.2) is 82.3 Å². The molecule has 0 bridgehead atoms. The van der Waals surface area contributed by atoms with E-state index in [4.69, 9.17) is 18.9 Å². The summed E-state index contributed by atoms with van der Waals surface area (Å²) >= 11 is 0. The Labute approximate surface area is 472 Å². The van der Waals surface area contributed by atoms with Gasteiger partial charge in [0.2, 0.25) is 0 Å². The standard InChI is InChI=1S/C68H113NO8/c1-6-8-10-12-14-16-18-20-22-24-26-28-30-32-33-35-37-39-41-43-45-47-49-51-53-55-57-59-66(71)77-64(63-76-68(67(72)73)74-61-60-69(3,4)5)62-75-65(70)58-56-54-52-50-48-46-44-42-40-38-36-34-31-29-27-25-23-21-19-17-15-13-11-9-7-2/h8,10,14,16,19-22,25-28,31-34,37,39,43,45,64,68H,6-7,9,11-13,15,17-18,23-24,29-30,35-36,38,40-42,44,46-63H2,1-5H3/b10-8-,16-14-,21-19-,22-20-,27-25-,28-26-,33-32-,34-31-,39-37-,45-43-. The molecule has 0 aliphatic rings. The van der Waals surface area contributed by atoms with E-state index in [2.05, 4.69) is 135 Å². The van der Waals surface area contributed by atoms with E-state index in [1.54, 1.807) is 0 Å². The molecule has 0 aromatic heterocycles. The zero-order valence-corrected chi connectivity index (χ0v) is 49.8. The second-order valence-corrected chi connectivity index (χ2v) is 21.3. The van der Waals surface area contributed by atoms with E-state index in [0.29, 0.717) is 17.4 Å². The lowest BCUT2D eigenvalue weighted by Gasteiger charge is -2.26. The van der Waals surface area contributed by atoms with Crippen molar-refractivity contribution in [3.63, 3.8) is 0 Å². The average molecular weight is 1070 g/mol. The highest BCUT2D eigenvalue weighted by molar-refractivity contribution is 5.70. The minimum Gasteiger partial charge on any atom is -0.545 e. The number of quaternary nitrogens is 1. The Bertz CT molecular complexity index is 1670. The maximum atomic E-state index is 12.9. The summed E-state index contributed by atoms with van der Waals surface area (Å²) in [6.07, 6.45) is 78.1. The quantitative estimate of drug-likeness (QED) is 0.0195. The molecule has 0 fully saturated rings. The zero-order valence-electron chi connectivity index (χ0n) is 49.8. The third-order valence-electron chi connectivity index (χ3n) is 12.7. The summed E-state index contributed by atoms with van der Waals surface area (Å²) in [4.78, 5) is 37.4. The van der Waals surface area contributed by atoms with Crippen LogP contribution in [-0.2, 0) is 33.3 Å². The van der Waals surface area contributed by atoms with Crippen molar-refractivity contribution in [3.05, 3.63) is 122 Å². The predicted molar refractivity (Wildman–Crippen MR) is 324 cm³/mol. The molecular formula is C68H113NO8. The van der Waals surface area contributed by atoms with E-state index in [9.17, 15) is 19.5 Å². The lowest BCUT2D eigenvalue weighted by Crippen LogP contribution is -2.44. The molecule has 0 aromatic carbocycles. The lowest BCUT2D eigenvalue weighted by molar-refractivity contribution is -0.870. The summed E-state index contributed by atoms with van der Waals surface area (Å²) in [7, 11) is 5.91. The van der Waals surface area contributed by atoms with Crippen molar-refractivity contribution in [2.75, 3.05) is 47.5 Å². The number of unbranched alkanes of at least 4 members (excludes halogenated alkanes) is 20. The van der Waals surface area contributed by atoms with Gasteiger partial charge in [-0.3, -0.25) is 9.59 Å². The molecule has 0 aliphatic heterocycles. The van der Waals surface area contributed by atoms with Gasteiger partial charge in [-0.15, -0.1) is 0 Å². The van der Waals surface area contributed by atoms with Crippen LogP contribution in [0.4, 0.5) is 0 Å². The summed E-state index contributed by atoms with van der Waals surface area (Å²) < 4.78 is 22.7. The number of aliphatic carboxylic acids is 1. The Morgan fingerprint density at radius 1 is 0.403 bits per heavy atom. The molecule has 0 spiro atoms. The van der Waals surface area contributed by atoms with Crippen molar-refractivity contribution >= 4 is 17.9 Å². The van der Waals surface area contributed by atoms with Crippen LogP contribution in [0.5, 0.6) is 0 Å². The van der Waals surface area contributed by atoms with Gasteiger partial charge in [0.05, 0.1) is 40.3 Å². The number of carbonyl (C=O) groups excluding carboxylic acids is 3. The third-order valence-corrected chi connectivity index (χ3v) is 12.7. The van der Waals surface area contributed by atoms with Crippen molar-refractivity contribution in [2.24, 2.45) is 0 Å². The van der Waals surface area contributed by atoms with Gasteiger partial charge in [-0.05, 0) is 109 Å². The van der Waals surface area contributed by atoms with E-state index in [0.717, 1.165) is 122 Å². The molecule has 0 N–H and O–H groups in total. The monoisotopic (exact) mass is 1070 g/mol. The summed E-state index contributed by atoms with van der Waals surface area (Å²) in [6.45, 7) is 4.59. The fourth-order valence-corrected chi connectivity index (χ4v) is 7.99. The van der Waals surface area contributed by atoms with Crippen molar-refractivity contribution < 1.29 is 42.9 Å². The Kier molecular flexibility index (Phi) is 54.6. The summed E-state index contributed by atoms with van der Waals surface area (Å²) in [5, 5.41) is 11.8. The Morgan fingerprint density at radius 2 is 0.740 bits per heavy atom. The van der Waals surface area contributed by atoms with Gasteiger partial charge in [-0.2, -0.15) is 0 Å². The van der Waals surface area contributed by atoms with Gasteiger partial charge in [-0.1, -0.05) is 232 Å². The second kappa shape index (κ2) is 57.9. The molecule has 0 saturated heterocycles. The summed E-state index contributed by atoms with van der Waals surface area (Å²) in [5.41, 5.74) is 0. The Hall–Kier alpha value is -4.31. The highest BCUT2D eigenvalue weighted by Crippen LogP contribution is 2.15. The number of allylic oxidation sites excluding steroid dienone is 20. The average Bonchev–Trinajstić information content (AvgIpc) is 3.40. The van der Waals surface area contributed by atoms with E-state index in [1.807, 2.05) is 21.1 Å². The topological polar surface area (TPSA) is 111 Å². The van der Waals surface area contributed by atoms with E-state index < -0.39 is 24.3 Å². The number of nitrogens with zero attached hydrogens (tertiary/aromatic N) is 1. The number of carbonyl (C=O) groups is 3. The van der Waals surface area contributed by atoms with Gasteiger partial charge >= 0.3 is 11.9 Å². The van der Waals surface area contributed by atoms with Crippen molar-refractivity contribution in [3.8, 4) is 0 Å². The number of hydrogen-bond acceptors (Lipinski definition) is 8. The Balaban J connectivity index is 4.31. The number of carboxylic acid groups (broad SMARTS) is 1. The van der Waals surface area contributed by atoms with Gasteiger partial charge in [0.1, 0.15) is 13.2 Å². The molecule has 0 saturated carbocycles. The van der Waals surface area contributed by atoms with E-state index in [1.165, 1.54) is 77.0 Å². The van der Waals surface area contributed by atoms with Crippen LogP contribution < -0.4 is 5.11 Å². The number of esters is 2. The summed E-state index contributed by atoms with van der Waals surface area (Å²) in [5.74, 6) is -2.33. The van der Waals surface area contributed by atoms with E-state index >= 15 is 0 Å². The predicted octanol–water partition coefficient (Wildman–Crippen LogP) is 17.1. The van der Waals surface area contributed by atoms with Gasteiger partial charge in [-0.25, -0.2) is 0 Å². The first-order chi connectivity index (χ1) is 37.6. The number of hydrogen-bond donors (Lipinski definition) is 0. The molecule has 9 heteroatoms. The molecule has 9 nitrogen and oxygen atoms in total. The van der Waals surface area contributed by atoms with Gasteiger partial charge < -0.3 is 33.3 Å². The number of carboxylic acids is 1. The van der Waals surface area contributed by atoms with Crippen LogP contribution in [0.2, 0.25) is 0 Å². The minimum atomic E-state index is -1.64. The van der Waals surface area contributed by atoms with Gasteiger partial charge in [0, 0.05) is 12.8 Å². The van der Waals surface area contributed by atoms with Crippen molar-refractivity contribution in [1.82, 2.24) is 0 Å². The lowest BCUT2D eigenvalue weighted by atomic mass is 10.1. The van der Waals surface area contributed by atoms with Crippen LogP contribution >= 0.6 is 0 Å².